The molecule has 0 bridgehead atoms. The third kappa shape index (κ3) is 3.28. The molecule has 0 unspecified atom stereocenters. The van der Waals surface area contributed by atoms with Crippen molar-refractivity contribution >= 4 is 11.9 Å². The second-order valence-electron chi connectivity index (χ2n) is 6.64. The van der Waals surface area contributed by atoms with Gasteiger partial charge in [-0.1, -0.05) is 0 Å². The van der Waals surface area contributed by atoms with Crippen LogP contribution in [0.3, 0.4) is 0 Å². The van der Waals surface area contributed by atoms with Crippen molar-refractivity contribution in [3.63, 3.8) is 0 Å². The number of aryl methyl sites for hydroxylation is 2. The fourth-order valence-corrected chi connectivity index (χ4v) is 3.43. The minimum atomic E-state index is -4.69. The highest BCUT2D eigenvalue weighted by atomic mass is 19.4. The monoisotopic (exact) mass is 385 g/mol. The summed E-state index contributed by atoms with van der Waals surface area (Å²) in [7, 11) is 1.76. The van der Waals surface area contributed by atoms with E-state index < -0.39 is 43.0 Å². The lowest BCUT2D eigenvalue weighted by molar-refractivity contribution is -0.187. The standard InChI is InChI=1S/C16H18F3N5O3/c1-7-13(8(2)23(3)22-7)11-4-12(21-20-11)14(25)24-5-9(15(26)27)10(6-24)16(17,18)19/h4,9-10H,5-6H2,1-3H3,(H,20,21)(H,26,27)/t9-,10-/m1/s1. The predicted molar refractivity (Wildman–Crippen MR) is 86.8 cm³/mol. The van der Waals surface area contributed by atoms with Crippen molar-refractivity contribution in [1.29, 1.82) is 0 Å². The normalized spacial score (nSPS) is 20.3. The molecule has 3 heterocycles. The first-order valence-electron chi connectivity index (χ1n) is 8.15. The SMILES string of the molecule is Cc1nn(C)c(C)c1-c1cc(C(=O)N2C[C@@H](C(F)(F)F)[C@H](C(=O)O)C2)[nH]n1. The van der Waals surface area contributed by atoms with Gasteiger partial charge in [0.25, 0.3) is 5.91 Å². The summed E-state index contributed by atoms with van der Waals surface area (Å²) < 4.78 is 40.9. The Kier molecular flexibility index (Phi) is 4.48. The van der Waals surface area contributed by atoms with Gasteiger partial charge < -0.3 is 10.0 Å². The zero-order chi connectivity index (χ0) is 20.1. The number of aliphatic carboxylic acids is 1. The van der Waals surface area contributed by atoms with Gasteiger partial charge in [-0.15, -0.1) is 0 Å². The first kappa shape index (κ1) is 18.9. The van der Waals surface area contributed by atoms with Gasteiger partial charge in [-0.25, -0.2) is 0 Å². The van der Waals surface area contributed by atoms with Crippen molar-refractivity contribution in [2.75, 3.05) is 13.1 Å². The molecule has 8 nitrogen and oxygen atoms in total. The number of likely N-dealkylation sites (tertiary alicyclic amines) is 1. The number of halogens is 3. The molecule has 146 valence electrons. The van der Waals surface area contributed by atoms with Crippen molar-refractivity contribution in [2.45, 2.75) is 20.0 Å². The molecule has 1 saturated heterocycles. The predicted octanol–water partition coefficient (Wildman–Crippen LogP) is 1.76. The van der Waals surface area contributed by atoms with Crippen LogP contribution in [0, 0.1) is 25.7 Å². The number of aromatic amines is 1. The molecule has 2 N–H and O–H groups in total. The first-order valence-corrected chi connectivity index (χ1v) is 8.15. The number of hydrogen-bond acceptors (Lipinski definition) is 4. The number of H-pyrrole nitrogens is 1. The average Bonchev–Trinajstić information content (AvgIpc) is 3.25. The summed E-state index contributed by atoms with van der Waals surface area (Å²) in [6.45, 7) is 2.41. The number of alkyl halides is 3. The summed E-state index contributed by atoms with van der Waals surface area (Å²) >= 11 is 0. The van der Waals surface area contributed by atoms with E-state index >= 15 is 0 Å². The second-order valence-corrected chi connectivity index (χ2v) is 6.64. The average molecular weight is 385 g/mol. The van der Waals surface area contributed by atoms with Gasteiger partial charge in [0.1, 0.15) is 5.69 Å². The number of carbonyl (C=O) groups is 2. The van der Waals surface area contributed by atoms with E-state index in [0.717, 1.165) is 16.2 Å². The molecule has 0 aliphatic carbocycles. The van der Waals surface area contributed by atoms with Crippen LogP contribution in [0.1, 0.15) is 21.9 Å². The van der Waals surface area contributed by atoms with Crippen LogP contribution in [0.4, 0.5) is 13.2 Å². The van der Waals surface area contributed by atoms with Crippen LogP contribution < -0.4 is 0 Å². The molecular weight excluding hydrogens is 367 g/mol. The van der Waals surface area contributed by atoms with Gasteiger partial charge in [0, 0.05) is 31.4 Å². The molecule has 3 rings (SSSR count). The molecule has 0 radical (unpaired) electrons. The first-order chi connectivity index (χ1) is 12.5. The van der Waals surface area contributed by atoms with Crippen molar-refractivity contribution < 1.29 is 27.9 Å². The number of nitrogens with zero attached hydrogens (tertiary/aromatic N) is 4. The number of carboxylic acids is 1. The van der Waals surface area contributed by atoms with Crippen molar-refractivity contribution in [2.24, 2.45) is 18.9 Å². The highest BCUT2D eigenvalue weighted by Crippen LogP contribution is 2.38. The Morgan fingerprint density at radius 3 is 2.44 bits per heavy atom. The van der Waals surface area contributed by atoms with Crippen LogP contribution in [0.5, 0.6) is 0 Å². The summed E-state index contributed by atoms with van der Waals surface area (Å²) in [5.74, 6) is -6.06. The third-order valence-electron chi connectivity index (χ3n) is 4.92. The third-order valence-corrected chi connectivity index (χ3v) is 4.92. The lowest BCUT2D eigenvalue weighted by Gasteiger charge is -2.18. The summed E-state index contributed by atoms with van der Waals surface area (Å²) in [6, 6.07) is 1.44. The molecule has 1 aliphatic heterocycles. The van der Waals surface area contributed by atoms with Gasteiger partial charge in [-0.2, -0.15) is 23.4 Å². The molecule has 1 fully saturated rings. The number of hydrogen-bond donors (Lipinski definition) is 2. The van der Waals surface area contributed by atoms with E-state index in [1.54, 1.807) is 18.7 Å². The van der Waals surface area contributed by atoms with E-state index in [1.807, 2.05) is 6.92 Å². The van der Waals surface area contributed by atoms with Crippen molar-refractivity contribution in [3.05, 3.63) is 23.1 Å². The van der Waals surface area contributed by atoms with E-state index in [2.05, 4.69) is 15.3 Å². The molecule has 11 heteroatoms. The molecular formula is C16H18F3N5O3. The van der Waals surface area contributed by atoms with Crippen LogP contribution in [0.15, 0.2) is 6.07 Å². The lowest BCUT2D eigenvalue weighted by atomic mass is 9.96. The van der Waals surface area contributed by atoms with Gasteiger partial charge >= 0.3 is 12.1 Å². The maximum atomic E-state index is 13.1. The smallest absolute Gasteiger partial charge is 0.394 e. The van der Waals surface area contributed by atoms with Crippen LogP contribution in [0.25, 0.3) is 11.3 Å². The van der Waals surface area contributed by atoms with Gasteiger partial charge in [-0.3, -0.25) is 19.4 Å². The molecule has 0 saturated carbocycles. The van der Waals surface area contributed by atoms with Crippen LogP contribution in [-0.2, 0) is 11.8 Å². The Morgan fingerprint density at radius 2 is 1.96 bits per heavy atom. The van der Waals surface area contributed by atoms with E-state index in [0.29, 0.717) is 11.4 Å². The Bertz CT molecular complexity index is 902. The summed E-state index contributed by atoms with van der Waals surface area (Å²) in [4.78, 5) is 24.6. The Hall–Kier alpha value is -2.85. The molecule has 1 amide bonds. The Balaban J connectivity index is 1.85. The van der Waals surface area contributed by atoms with Gasteiger partial charge in [0.2, 0.25) is 0 Å². The van der Waals surface area contributed by atoms with E-state index in [-0.39, 0.29) is 5.69 Å². The topological polar surface area (TPSA) is 104 Å². The van der Waals surface area contributed by atoms with E-state index in [1.165, 1.54) is 6.07 Å². The molecule has 0 spiro atoms. The molecule has 2 aromatic heterocycles. The maximum Gasteiger partial charge on any atom is 0.394 e. The van der Waals surface area contributed by atoms with Gasteiger partial charge in [-0.05, 0) is 19.9 Å². The molecule has 27 heavy (non-hydrogen) atoms. The molecule has 0 aromatic carbocycles. The number of aromatic nitrogens is 4. The Labute approximate surface area is 152 Å². The molecule has 2 aromatic rings. The quantitative estimate of drug-likeness (QED) is 0.838. The maximum absolute atomic E-state index is 13.1. The van der Waals surface area contributed by atoms with E-state index in [9.17, 15) is 22.8 Å². The van der Waals surface area contributed by atoms with Crippen molar-refractivity contribution in [1.82, 2.24) is 24.9 Å². The minimum absolute atomic E-state index is 0.000355. The number of nitrogens with one attached hydrogen (secondary N) is 1. The number of carboxylic acid groups (broad SMARTS) is 1. The fraction of sp³-hybridized carbons (Fsp3) is 0.500. The number of rotatable bonds is 3. The lowest BCUT2D eigenvalue weighted by Crippen LogP contribution is -2.34. The van der Waals surface area contributed by atoms with Crippen LogP contribution >= 0.6 is 0 Å². The summed E-state index contributed by atoms with van der Waals surface area (Å²) in [6.07, 6.45) is -4.69. The molecule has 1 aliphatic rings. The largest absolute Gasteiger partial charge is 0.481 e. The molecule has 2 atom stereocenters. The van der Waals surface area contributed by atoms with Gasteiger partial charge in [0.15, 0.2) is 0 Å². The zero-order valence-corrected chi connectivity index (χ0v) is 14.8. The summed E-state index contributed by atoms with van der Waals surface area (Å²) in [5, 5.41) is 19.9. The minimum Gasteiger partial charge on any atom is -0.481 e. The fourth-order valence-electron chi connectivity index (χ4n) is 3.43. The van der Waals surface area contributed by atoms with Gasteiger partial charge in [0.05, 0.1) is 23.2 Å². The number of amides is 1. The highest BCUT2D eigenvalue weighted by Gasteiger charge is 2.53. The van der Waals surface area contributed by atoms with Crippen molar-refractivity contribution in [3.8, 4) is 11.3 Å². The van der Waals surface area contributed by atoms with E-state index in [4.69, 9.17) is 5.11 Å². The Morgan fingerprint density at radius 1 is 1.30 bits per heavy atom. The zero-order valence-electron chi connectivity index (χ0n) is 14.8. The number of carbonyl (C=O) groups excluding carboxylic acids is 1. The second kappa shape index (κ2) is 6.39. The van der Waals surface area contributed by atoms with Crippen LogP contribution in [0.2, 0.25) is 0 Å². The highest BCUT2D eigenvalue weighted by molar-refractivity contribution is 5.94. The van der Waals surface area contributed by atoms with Crippen LogP contribution in [-0.4, -0.2) is 61.1 Å². The summed E-state index contributed by atoms with van der Waals surface area (Å²) in [5.41, 5.74) is 2.69.